The van der Waals surface area contributed by atoms with Crippen LogP contribution in [0.2, 0.25) is 0 Å². The number of amides is 1. The molecule has 100 valence electrons. The molecule has 0 fully saturated rings. The van der Waals surface area contributed by atoms with Crippen molar-refractivity contribution < 1.29 is 18.0 Å². The van der Waals surface area contributed by atoms with Crippen molar-refractivity contribution in [2.24, 2.45) is 0 Å². The van der Waals surface area contributed by atoms with Crippen LogP contribution in [0.25, 0.3) is 0 Å². The molecule has 0 aliphatic carbocycles. The third-order valence-corrected chi connectivity index (χ3v) is 2.33. The Morgan fingerprint density at radius 1 is 1.26 bits per heavy atom. The highest BCUT2D eigenvalue weighted by molar-refractivity contribution is 6.01. The van der Waals surface area contributed by atoms with Gasteiger partial charge in [-0.15, -0.1) is 5.10 Å². The highest BCUT2D eigenvalue weighted by atomic mass is 19.2. The molecule has 1 heterocycles. The Morgan fingerprint density at radius 2 is 1.95 bits per heavy atom. The van der Waals surface area contributed by atoms with E-state index in [0.717, 1.165) is 0 Å². The zero-order chi connectivity index (χ0) is 14.0. The van der Waals surface area contributed by atoms with Gasteiger partial charge < -0.3 is 5.32 Å². The summed E-state index contributed by atoms with van der Waals surface area (Å²) in [6.45, 7) is 1.80. The third-order valence-electron chi connectivity index (χ3n) is 2.33. The molecule has 5 nitrogen and oxygen atoms in total. The number of nitrogens with one attached hydrogen (secondary N) is 2. The lowest BCUT2D eigenvalue weighted by Crippen LogP contribution is -2.15. The van der Waals surface area contributed by atoms with Gasteiger partial charge in [0.2, 0.25) is 5.82 Å². The van der Waals surface area contributed by atoms with Crippen LogP contribution in [0.4, 0.5) is 18.9 Å². The zero-order valence-corrected chi connectivity index (χ0v) is 9.80. The smallest absolute Gasteiger partial charge is 0.295 e. The number of nitrogens with zero attached hydrogens (tertiary/aromatic N) is 2. The number of aromatic amines is 1. The van der Waals surface area contributed by atoms with E-state index in [-0.39, 0.29) is 5.82 Å². The van der Waals surface area contributed by atoms with E-state index < -0.39 is 29.0 Å². The lowest BCUT2D eigenvalue weighted by molar-refractivity contribution is 0.101. The largest absolute Gasteiger partial charge is 0.317 e. The molecule has 0 spiro atoms. The second-order valence-corrected chi connectivity index (χ2v) is 3.66. The number of rotatable bonds is 3. The number of benzene rings is 1. The minimum atomic E-state index is -1.33. The van der Waals surface area contributed by atoms with Crippen molar-refractivity contribution in [2.75, 3.05) is 5.32 Å². The summed E-state index contributed by atoms with van der Waals surface area (Å²) in [6, 6.07) is 0.899. The first-order valence-electron chi connectivity index (χ1n) is 5.38. The molecule has 1 aromatic heterocycles. The minimum Gasteiger partial charge on any atom is -0.317 e. The molecule has 0 radical (unpaired) electrons. The van der Waals surface area contributed by atoms with Gasteiger partial charge in [0, 0.05) is 18.6 Å². The summed E-state index contributed by atoms with van der Waals surface area (Å²) in [5, 5.41) is 8.19. The number of halogens is 3. The van der Waals surface area contributed by atoms with E-state index in [1.165, 1.54) is 0 Å². The number of carbonyl (C=O) groups is 1. The van der Waals surface area contributed by atoms with Gasteiger partial charge in [-0.05, 0) is 0 Å². The van der Waals surface area contributed by atoms with E-state index in [9.17, 15) is 18.0 Å². The topological polar surface area (TPSA) is 70.7 Å². The normalized spacial score (nSPS) is 10.5. The van der Waals surface area contributed by atoms with E-state index >= 15 is 0 Å². The highest BCUT2D eigenvalue weighted by Crippen LogP contribution is 2.18. The van der Waals surface area contributed by atoms with Crippen LogP contribution >= 0.6 is 0 Å². The van der Waals surface area contributed by atoms with Crippen molar-refractivity contribution in [1.82, 2.24) is 15.2 Å². The second kappa shape index (κ2) is 5.09. The van der Waals surface area contributed by atoms with Gasteiger partial charge in [-0.3, -0.25) is 9.89 Å². The van der Waals surface area contributed by atoms with Crippen LogP contribution < -0.4 is 5.32 Å². The average molecular weight is 270 g/mol. The van der Waals surface area contributed by atoms with Crippen molar-refractivity contribution in [1.29, 1.82) is 0 Å². The Balaban J connectivity index is 2.21. The van der Waals surface area contributed by atoms with Gasteiger partial charge in [-0.2, -0.15) is 0 Å². The molecule has 0 aliphatic rings. The first-order chi connectivity index (χ1) is 9.01. The van der Waals surface area contributed by atoms with Crippen LogP contribution in [0.5, 0.6) is 0 Å². The van der Waals surface area contributed by atoms with Crippen LogP contribution in [0.15, 0.2) is 12.1 Å². The molecule has 0 atom stereocenters. The molecule has 0 bridgehead atoms. The van der Waals surface area contributed by atoms with Crippen molar-refractivity contribution in [2.45, 2.75) is 13.3 Å². The molecule has 19 heavy (non-hydrogen) atoms. The first kappa shape index (κ1) is 13.1. The SMILES string of the molecule is CCc1nc(C(=O)Nc2cc(F)c(F)cc2F)n[nH]1. The van der Waals surface area contributed by atoms with Crippen molar-refractivity contribution >= 4 is 11.6 Å². The van der Waals surface area contributed by atoms with E-state index in [1.54, 1.807) is 6.92 Å². The van der Waals surface area contributed by atoms with E-state index in [0.29, 0.717) is 24.4 Å². The quantitative estimate of drug-likeness (QED) is 0.838. The third kappa shape index (κ3) is 2.72. The number of hydrogen-bond acceptors (Lipinski definition) is 3. The highest BCUT2D eigenvalue weighted by Gasteiger charge is 2.16. The summed E-state index contributed by atoms with van der Waals surface area (Å²) in [5.41, 5.74) is -0.480. The van der Waals surface area contributed by atoms with Gasteiger partial charge in [0.1, 0.15) is 11.6 Å². The maximum Gasteiger partial charge on any atom is 0.295 e. The minimum absolute atomic E-state index is 0.207. The maximum absolute atomic E-state index is 13.3. The molecule has 2 rings (SSSR count). The average Bonchev–Trinajstić information content (AvgIpc) is 2.84. The van der Waals surface area contributed by atoms with Gasteiger partial charge in [0.15, 0.2) is 11.6 Å². The van der Waals surface area contributed by atoms with Crippen LogP contribution in [0, 0.1) is 17.5 Å². The monoisotopic (exact) mass is 270 g/mol. The lowest BCUT2D eigenvalue weighted by Gasteiger charge is -2.04. The molecule has 2 N–H and O–H groups in total. The van der Waals surface area contributed by atoms with Crippen LogP contribution in [-0.2, 0) is 6.42 Å². The summed E-state index contributed by atoms with van der Waals surface area (Å²) in [5.74, 6) is -4.22. The molecular formula is C11H9F3N4O. The molecule has 0 unspecified atom stereocenters. The Hall–Kier alpha value is -2.38. The number of aromatic nitrogens is 3. The Kier molecular flexibility index (Phi) is 3.50. The fourth-order valence-corrected chi connectivity index (χ4v) is 1.35. The molecule has 1 aromatic carbocycles. The van der Waals surface area contributed by atoms with Gasteiger partial charge in [-0.25, -0.2) is 18.2 Å². The lowest BCUT2D eigenvalue weighted by atomic mass is 10.3. The van der Waals surface area contributed by atoms with Crippen LogP contribution in [-0.4, -0.2) is 21.1 Å². The van der Waals surface area contributed by atoms with E-state index in [1.807, 2.05) is 0 Å². The Morgan fingerprint density at radius 3 is 2.58 bits per heavy atom. The van der Waals surface area contributed by atoms with Gasteiger partial charge >= 0.3 is 0 Å². The maximum atomic E-state index is 13.3. The summed E-state index contributed by atoms with van der Waals surface area (Å²) in [7, 11) is 0. The summed E-state index contributed by atoms with van der Waals surface area (Å²) in [6.07, 6.45) is 0.541. The predicted octanol–water partition coefficient (Wildman–Crippen LogP) is 2.04. The van der Waals surface area contributed by atoms with Crippen molar-refractivity contribution in [3.63, 3.8) is 0 Å². The van der Waals surface area contributed by atoms with Crippen LogP contribution in [0.3, 0.4) is 0 Å². The second-order valence-electron chi connectivity index (χ2n) is 3.66. The first-order valence-corrected chi connectivity index (χ1v) is 5.38. The molecular weight excluding hydrogens is 261 g/mol. The van der Waals surface area contributed by atoms with Gasteiger partial charge in [-0.1, -0.05) is 6.92 Å². The molecule has 0 aliphatic heterocycles. The molecule has 2 aromatic rings. The number of aryl methyl sites for hydroxylation is 1. The molecule has 1 amide bonds. The van der Waals surface area contributed by atoms with Gasteiger partial charge in [0.25, 0.3) is 5.91 Å². The zero-order valence-electron chi connectivity index (χ0n) is 9.80. The fourth-order valence-electron chi connectivity index (χ4n) is 1.35. The van der Waals surface area contributed by atoms with Crippen molar-refractivity contribution in [3.05, 3.63) is 41.2 Å². The predicted molar refractivity (Wildman–Crippen MR) is 60.0 cm³/mol. The van der Waals surface area contributed by atoms with E-state index in [2.05, 4.69) is 20.5 Å². The Labute approximate surface area is 105 Å². The van der Waals surface area contributed by atoms with Crippen molar-refractivity contribution in [3.8, 4) is 0 Å². The molecule has 0 saturated carbocycles. The standard InChI is InChI=1S/C11H9F3N4O/c1-2-9-16-10(18-17-9)11(19)15-8-4-6(13)5(12)3-7(8)14/h3-4H,2H2,1H3,(H,15,19)(H,16,17,18). The van der Waals surface area contributed by atoms with Crippen LogP contribution in [0.1, 0.15) is 23.4 Å². The van der Waals surface area contributed by atoms with E-state index in [4.69, 9.17) is 0 Å². The molecule has 0 saturated heterocycles. The fraction of sp³-hybridized carbons (Fsp3) is 0.182. The molecule has 8 heteroatoms. The summed E-state index contributed by atoms with van der Waals surface area (Å²) < 4.78 is 39.0. The Bertz CT molecular complexity index is 626. The summed E-state index contributed by atoms with van der Waals surface area (Å²) >= 11 is 0. The summed E-state index contributed by atoms with van der Waals surface area (Å²) in [4.78, 5) is 15.5. The van der Waals surface area contributed by atoms with Gasteiger partial charge in [0.05, 0.1) is 5.69 Å². The number of hydrogen-bond donors (Lipinski definition) is 2. The number of anilines is 1. The number of H-pyrrole nitrogens is 1. The number of carbonyl (C=O) groups excluding carboxylic acids is 1.